The molecular formula is C16H20BrFN2O. The van der Waals surface area contributed by atoms with Crippen molar-refractivity contribution in [3.8, 4) is 0 Å². The minimum absolute atomic E-state index is 0.0657. The first-order valence-electron chi connectivity index (χ1n) is 7.63. The average Bonchev–Trinajstić information content (AvgIpc) is 3.04. The molecule has 2 aliphatic heterocycles. The van der Waals surface area contributed by atoms with E-state index in [9.17, 15) is 9.18 Å². The summed E-state index contributed by atoms with van der Waals surface area (Å²) in [6, 6.07) is 5.18. The van der Waals surface area contributed by atoms with Gasteiger partial charge < -0.3 is 10.2 Å². The fraction of sp³-hybridized carbons (Fsp3) is 0.562. The van der Waals surface area contributed by atoms with Crippen LogP contribution in [0.15, 0.2) is 22.7 Å². The predicted molar refractivity (Wildman–Crippen MR) is 83.8 cm³/mol. The van der Waals surface area contributed by atoms with E-state index >= 15 is 0 Å². The number of halogens is 2. The van der Waals surface area contributed by atoms with Gasteiger partial charge in [-0.25, -0.2) is 4.39 Å². The highest BCUT2D eigenvalue weighted by Gasteiger charge is 2.31. The number of nitrogens with zero attached hydrogens (tertiary/aromatic N) is 1. The standard InChI is InChI=1S/C16H20BrFN2O/c17-15-12(5-1-6-13(15)18)16(21)20-9-3-4-11(10-20)14-7-2-8-19-14/h1,5-6,11,14,19H,2-4,7-10H2. The molecule has 1 N–H and O–H groups in total. The van der Waals surface area contributed by atoms with Crippen molar-refractivity contribution in [1.82, 2.24) is 10.2 Å². The van der Waals surface area contributed by atoms with Gasteiger partial charge in [-0.05, 0) is 66.2 Å². The highest BCUT2D eigenvalue weighted by atomic mass is 79.9. The lowest BCUT2D eigenvalue weighted by atomic mass is 9.89. The first kappa shape index (κ1) is 15.0. The molecule has 0 bridgehead atoms. The second kappa shape index (κ2) is 6.44. The van der Waals surface area contributed by atoms with E-state index < -0.39 is 0 Å². The van der Waals surface area contributed by atoms with Crippen LogP contribution in [0.5, 0.6) is 0 Å². The Hall–Kier alpha value is -0.940. The molecule has 1 aromatic rings. The van der Waals surface area contributed by atoms with E-state index in [0.717, 1.165) is 26.1 Å². The van der Waals surface area contributed by atoms with Crippen molar-refractivity contribution >= 4 is 21.8 Å². The molecule has 0 saturated carbocycles. The fourth-order valence-electron chi connectivity index (χ4n) is 3.48. The zero-order valence-corrected chi connectivity index (χ0v) is 13.5. The second-order valence-electron chi connectivity index (χ2n) is 5.96. The first-order valence-corrected chi connectivity index (χ1v) is 8.43. The Labute approximate surface area is 133 Å². The lowest BCUT2D eigenvalue weighted by Crippen LogP contribution is -2.46. The van der Waals surface area contributed by atoms with Crippen molar-refractivity contribution in [1.29, 1.82) is 0 Å². The summed E-state index contributed by atoms with van der Waals surface area (Å²) in [6.07, 6.45) is 4.63. The Balaban J connectivity index is 1.73. The number of hydrogen-bond acceptors (Lipinski definition) is 2. The molecule has 0 radical (unpaired) electrons. The van der Waals surface area contributed by atoms with Crippen LogP contribution in [-0.4, -0.2) is 36.5 Å². The maximum Gasteiger partial charge on any atom is 0.255 e. The van der Waals surface area contributed by atoms with Crippen molar-refractivity contribution in [2.24, 2.45) is 5.92 Å². The Morgan fingerprint density at radius 2 is 2.19 bits per heavy atom. The van der Waals surface area contributed by atoms with Gasteiger partial charge in [0.15, 0.2) is 0 Å². The van der Waals surface area contributed by atoms with Crippen LogP contribution in [0.4, 0.5) is 4.39 Å². The number of hydrogen-bond donors (Lipinski definition) is 1. The number of piperidine rings is 1. The van der Waals surface area contributed by atoms with Crippen molar-refractivity contribution in [3.05, 3.63) is 34.1 Å². The Morgan fingerprint density at radius 3 is 2.95 bits per heavy atom. The topological polar surface area (TPSA) is 32.3 Å². The molecule has 0 aliphatic carbocycles. The summed E-state index contributed by atoms with van der Waals surface area (Å²) in [5.41, 5.74) is 0.426. The van der Waals surface area contributed by atoms with E-state index in [-0.39, 0.29) is 16.2 Å². The van der Waals surface area contributed by atoms with Gasteiger partial charge in [-0.15, -0.1) is 0 Å². The smallest absolute Gasteiger partial charge is 0.255 e. The average molecular weight is 355 g/mol. The number of benzene rings is 1. The fourth-order valence-corrected chi connectivity index (χ4v) is 3.91. The third-order valence-corrected chi connectivity index (χ3v) is 5.40. The van der Waals surface area contributed by atoms with Crippen LogP contribution >= 0.6 is 15.9 Å². The summed E-state index contributed by atoms with van der Waals surface area (Å²) < 4.78 is 13.9. The van der Waals surface area contributed by atoms with Crippen LogP contribution in [0.2, 0.25) is 0 Å². The van der Waals surface area contributed by atoms with Crippen molar-refractivity contribution < 1.29 is 9.18 Å². The number of likely N-dealkylation sites (tertiary alicyclic amines) is 1. The normalized spacial score (nSPS) is 26.1. The van der Waals surface area contributed by atoms with E-state index in [0.29, 0.717) is 17.5 Å². The summed E-state index contributed by atoms with van der Waals surface area (Å²) in [7, 11) is 0. The van der Waals surface area contributed by atoms with Crippen LogP contribution < -0.4 is 5.32 Å². The minimum Gasteiger partial charge on any atom is -0.338 e. The van der Waals surface area contributed by atoms with Gasteiger partial charge >= 0.3 is 0 Å². The summed E-state index contributed by atoms with van der Waals surface area (Å²) in [4.78, 5) is 14.5. The van der Waals surface area contributed by atoms with Crippen LogP contribution in [-0.2, 0) is 0 Å². The van der Waals surface area contributed by atoms with Gasteiger partial charge in [-0.2, -0.15) is 0 Å². The van der Waals surface area contributed by atoms with Gasteiger partial charge in [0.05, 0.1) is 10.0 Å². The zero-order chi connectivity index (χ0) is 14.8. The van der Waals surface area contributed by atoms with E-state index in [1.807, 2.05) is 4.90 Å². The largest absolute Gasteiger partial charge is 0.338 e. The third-order valence-electron chi connectivity index (χ3n) is 4.59. The minimum atomic E-state index is -0.383. The van der Waals surface area contributed by atoms with Crippen molar-refractivity contribution in [3.63, 3.8) is 0 Å². The highest BCUT2D eigenvalue weighted by Crippen LogP contribution is 2.27. The van der Waals surface area contributed by atoms with Gasteiger partial charge in [-0.1, -0.05) is 6.07 Å². The second-order valence-corrected chi connectivity index (χ2v) is 6.75. The number of nitrogens with one attached hydrogen (secondary N) is 1. The molecule has 3 nitrogen and oxygen atoms in total. The van der Waals surface area contributed by atoms with Gasteiger partial charge in [0.2, 0.25) is 0 Å². The van der Waals surface area contributed by atoms with E-state index in [4.69, 9.17) is 0 Å². The molecule has 21 heavy (non-hydrogen) atoms. The van der Waals surface area contributed by atoms with E-state index in [2.05, 4.69) is 21.2 Å². The lowest BCUT2D eigenvalue weighted by molar-refractivity contribution is 0.0649. The molecule has 1 aromatic carbocycles. The van der Waals surface area contributed by atoms with Gasteiger partial charge in [0, 0.05) is 19.1 Å². The number of carbonyl (C=O) groups excluding carboxylic acids is 1. The monoisotopic (exact) mass is 354 g/mol. The number of amides is 1. The maximum atomic E-state index is 13.6. The molecule has 2 aliphatic rings. The molecule has 2 atom stereocenters. The number of rotatable bonds is 2. The quantitative estimate of drug-likeness (QED) is 0.884. The molecule has 2 unspecified atom stereocenters. The summed E-state index contributed by atoms with van der Waals surface area (Å²) >= 11 is 3.19. The molecule has 114 valence electrons. The van der Waals surface area contributed by atoms with Gasteiger partial charge in [0.25, 0.3) is 5.91 Å². The summed E-state index contributed by atoms with van der Waals surface area (Å²) in [5.74, 6) is 0.0773. The summed E-state index contributed by atoms with van der Waals surface area (Å²) in [5, 5.41) is 3.54. The van der Waals surface area contributed by atoms with Crippen LogP contribution in [0, 0.1) is 11.7 Å². The van der Waals surface area contributed by atoms with Gasteiger partial charge in [0.1, 0.15) is 5.82 Å². The third kappa shape index (κ3) is 3.14. The Bertz CT molecular complexity index is 531. The highest BCUT2D eigenvalue weighted by molar-refractivity contribution is 9.10. The zero-order valence-electron chi connectivity index (χ0n) is 11.9. The lowest BCUT2D eigenvalue weighted by Gasteiger charge is -2.36. The van der Waals surface area contributed by atoms with Crippen molar-refractivity contribution in [2.45, 2.75) is 31.7 Å². The van der Waals surface area contributed by atoms with Crippen LogP contribution in [0.25, 0.3) is 0 Å². The maximum absolute atomic E-state index is 13.6. The molecule has 1 amide bonds. The van der Waals surface area contributed by atoms with Crippen molar-refractivity contribution in [2.75, 3.05) is 19.6 Å². The Morgan fingerprint density at radius 1 is 1.33 bits per heavy atom. The molecule has 5 heteroatoms. The Kier molecular flexibility index (Phi) is 4.60. The number of carbonyl (C=O) groups is 1. The molecule has 0 aromatic heterocycles. The van der Waals surface area contributed by atoms with Crippen LogP contribution in [0.3, 0.4) is 0 Å². The van der Waals surface area contributed by atoms with E-state index in [1.165, 1.54) is 25.3 Å². The van der Waals surface area contributed by atoms with Gasteiger partial charge in [-0.3, -0.25) is 4.79 Å². The molecule has 0 spiro atoms. The molecule has 2 saturated heterocycles. The molecular weight excluding hydrogens is 335 g/mol. The molecule has 3 rings (SSSR count). The molecule has 2 fully saturated rings. The first-order chi connectivity index (χ1) is 10.2. The molecule has 2 heterocycles. The predicted octanol–water partition coefficient (Wildman–Crippen LogP) is 3.19. The van der Waals surface area contributed by atoms with Crippen LogP contribution in [0.1, 0.15) is 36.0 Å². The SMILES string of the molecule is O=C(c1cccc(F)c1Br)N1CCCC(C2CCCN2)C1. The summed E-state index contributed by atoms with van der Waals surface area (Å²) in [6.45, 7) is 2.63. The van der Waals surface area contributed by atoms with E-state index in [1.54, 1.807) is 12.1 Å².